The quantitative estimate of drug-likeness (QED) is 0.644. The van der Waals surface area contributed by atoms with E-state index in [0.29, 0.717) is 6.54 Å². The van der Waals surface area contributed by atoms with Crippen molar-refractivity contribution in [2.45, 2.75) is 33.2 Å². The molecule has 22 heavy (non-hydrogen) atoms. The molecule has 3 amide bonds. The molecule has 1 aromatic carbocycles. The van der Waals surface area contributed by atoms with Crippen molar-refractivity contribution < 1.29 is 9.59 Å². The molecule has 0 spiro atoms. The Labute approximate surface area is 136 Å². The third kappa shape index (κ3) is 7.36. The summed E-state index contributed by atoms with van der Waals surface area (Å²) in [5.74, 6) is 2.05. The van der Waals surface area contributed by atoms with Crippen LogP contribution in [0.2, 0.25) is 0 Å². The number of carbonyl (C=O) groups excluding carboxylic acids is 2. The molecule has 0 heterocycles. The van der Waals surface area contributed by atoms with Gasteiger partial charge in [-0.1, -0.05) is 19.1 Å². The monoisotopic (exact) mass is 323 g/mol. The van der Waals surface area contributed by atoms with E-state index in [9.17, 15) is 9.59 Å². The molecule has 0 aromatic heterocycles. The van der Waals surface area contributed by atoms with Crippen LogP contribution >= 0.6 is 11.8 Å². The molecule has 0 saturated carbocycles. The highest BCUT2D eigenvalue weighted by molar-refractivity contribution is 7.99. The first-order valence-corrected chi connectivity index (χ1v) is 8.68. The average molecular weight is 323 g/mol. The molecule has 0 aliphatic heterocycles. The number of hydrogen-bond donors (Lipinski definition) is 3. The van der Waals surface area contributed by atoms with E-state index in [1.54, 1.807) is 0 Å². The minimum atomic E-state index is -0.168. The van der Waals surface area contributed by atoms with Gasteiger partial charge in [0.1, 0.15) is 0 Å². The molecule has 1 rings (SSSR count). The number of thioether (sulfide) groups is 1. The number of benzene rings is 1. The maximum atomic E-state index is 11.8. The van der Waals surface area contributed by atoms with E-state index in [2.05, 4.69) is 22.9 Å². The molecule has 0 unspecified atom stereocenters. The molecule has 0 radical (unpaired) electrons. The molecule has 122 valence electrons. The number of nitrogens with one attached hydrogen (secondary N) is 3. The third-order valence-electron chi connectivity index (χ3n) is 3.01. The number of amides is 3. The van der Waals surface area contributed by atoms with Crippen LogP contribution in [0.4, 0.5) is 10.5 Å². The minimum Gasteiger partial charge on any atom is -0.338 e. The van der Waals surface area contributed by atoms with Gasteiger partial charge in [0, 0.05) is 19.2 Å². The molecule has 3 N–H and O–H groups in total. The van der Waals surface area contributed by atoms with Gasteiger partial charge in [-0.05, 0) is 42.5 Å². The van der Waals surface area contributed by atoms with Crippen LogP contribution in [0, 0.1) is 0 Å². The van der Waals surface area contributed by atoms with Crippen LogP contribution < -0.4 is 16.0 Å². The molecule has 0 saturated heterocycles. The standard InChI is InChI=1S/C16H25N3O2S/c1-4-22-10-6-9-17-16(21)18-12(2)14-7-5-8-15(11-14)19-13(3)20/h5,7-8,11-12H,4,6,9-10H2,1-3H3,(H,19,20)(H2,17,18,21)/t12-/m0/s1. The maximum Gasteiger partial charge on any atom is 0.315 e. The summed E-state index contributed by atoms with van der Waals surface area (Å²) in [5, 5.41) is 8.49. The predicted molar refractivity (Wildman–Crippen MR) is 93.3 cm³/mol. The highest BCUT2D eigenvalue weighted by Gasteiger charge is 2.09. The first-order chi connectivity index (χ1) is 10.5. The van der Waals surface area contributed by atoms with Gasteiger partial charge in [0.15, 0.2) is 0 Å². The van der Waals surface area contributed by atoms with Crippen molar-refractivity contribution in [2.75, 3.05) is 23.4 Å². The second-order valence-corrected chi connectivity index (χ2v) is 6.37. The summed E-state index contributed by atoms with van der Waals surface area (Å²) in [7, 11) is 0. The first kappa shape index (κ1) is 18.4. The van der Waals surface area contributed by atoms with Gasteiger partial charge in [-0.25, -0.2) is 4.79 Å². The van der Waals surface area contributed by atoms with E-state index in [4.69, 9.17) is 0 Å². The lowest BCUT2D eigenvalue weighted by Gasteiger charge is -2.16. The molecule has 0 aliphatic rings. The van der Waals surface area contributed by atoms with Gasteiger partial charge in [0.05, 0.1) is 6.04 Å². The number of hydrogen-bond acceptors (Lipinski definition) is 3. The summed E-state index contributed by atoms with van der Waals surface area (Å²) in [6.07, 6.45) is 0.971. The Morgan fingerprint density at radius 3 is 2.77 bits per heavy atom. The summed E-state index contributed by atoms with van der Waals surface area (Å²) in [6, 6.07) is 7.18. The Morgan fingerprint density at radius 2 is 2.09 bits per heavy atom. The van der Waals surface area contributed by atoms with Crippen LogP contribution in [0.3, 0.4) is 0 Å². The van der Waals surface area contributed by atoms with Crippen molar-refractivity contribution in [1.29, 1.82) is 0 Å². The van der Waals surface area contributed by atoms with Crippen LogP contribution in [-0.2, 0) is 4.79 Å². The van der Waals surface area contributed by atoms with Gasteiger partial charge in [-0.15, -0.1) is 0 Å². The molecule has 0 aliphatic carbocycles. The van der Waals surface area contributed by atoms with Crippen molar-refractivity contribution in [3.05, 3.63) is 29.8 Å². The van der Waals surface area contributed by atoms with E-state index in [0.717, 1.165) is 29.2 Å². The summed E-state index contributed by atoms with van der Waals surface area (Å²) >= 11 is 1.87. The van der Waals surface area contributed by atoms with E-state index >= 15 is 0 Å². The fourth-order valence-corrected chi connectivity index (χ4v) is 2.58. The van der Waals surface area contributed by atoms with Crippen LogP contribution in [0.25, 0.3) is 0 Å². The molecule has 6 heteroatoms. The van der Waals surface area contributed by atoms with Crippen LogP contribution in [0.5, 0.6) is 0 Å². The fraction of sp³-hybridized carbons (Fsp3) is 0.500. The summed E-state index contributed by atoms with van der Waals surface area (Å²) in [5.41, 5.74) is 1.68. The van der Waals surface area contributed by atoms with Crippen molar-refractivity contribution in [2.24, 2.45) is 0 Å². The van der Waals surface area contributed by atoms with Crippen molar-refractivity contribution in [3.63, 3.8) is 0 Å². The average Bonchev–Trinajstić information content (AvgIpc) is 2.46. The van der Waals surface area contributed by atoms with E-state index < -0.39 is 0 Å². The van der Waals surface area contributed by atoms with Crippen molar-refractivity contribution in [3.8, 4) is 0 Å². The van der Waals surface area contributed by atoms with Crippen LogP contribution in [-0.4, -0.2) is 30.0 Å². The van der Waals surface area contributed by atoms with Gasteiger partial charge in [0.2, 0.25) is 5.91 Å². The number of carbonyl (C=O) groups is 2. The normalized spacial score (nSPS) is 11.6. The van der Waals surface area contributed by atoms with Crippen molar-refractivity contribution in [1.82, 2.24) is 10.6 Å². The largest absolute Gasteiger partial charge is 0.338 e. The summed E-state index contributed by atoms with van der Waals surface area (Å²) in [4.78, 5) is 22.9. The zero-order chi connectivity index (χ0) is 16.4. The minimum absolute atomic E-state index is 0.111. The van der Waals surface area contributed by atoms with Gasteiger partial charge in [-0.3, -0.25) is 4.79 Å². The van der Waals surface area contributed by atoms with Crippen molar-refractivity contribution >= 4 is 29.4 Å². The lowest BCUT2D eigenvalue weighted by molar-refractivity contribution is -0.114. The fourth-order valence-electron chi connectivity index (χ4n) is 1.94. The first-order valence-electron chi connectivity index (χ1n) is 7.52. The van der Waals surface area contributed by atoms with E-state index in [1.165, 1.54) is 6.92 Å². The zero-order valence-corrected chi connectivity index (χ0v) is 14.3. The van der Waals surface area contributed by atoms with Gasteiger partial charge < -0.3 is 16.0 Å². The second-order valence-electron chi connectivity index (χ2n) is 4.98. The Morgan fingerprint density at radius 1 is 1.32 bits per heavy atom. The molecule has 1 aromatic rings. The van der Waals surface area contributed by atoms with E-state index in [-0.39, 0.29) is 18.0 Å². The molecule has 0 fully saturated rings. The molecule has 5 nitrogen and oxygen atoms in total. The maximum absolute atomic E-state index is 11.8. The Balaban J connectivity index is 2.42. The zero-order valence-electron chi connectivity index (χ0n) is 13.4. The molecular weight excluding hydrogens is 298 g/mol. The van der Waals surface area contributed by atoms with Crippen LogP contribution in [0.1, 0.15) is 38.8 Å². The van der Waals surface area contributed by atoms with Gasteiger partial charge in [-0.2, -0.15) is 11.8 Å². The summed E-state index contributed by atoms with van der Waals surface area (Å²) < 4.78 is 0. The molecule has 1 atom stereocenters. The lowest BCUT2D eigenvalue weighted by Crippen LogP contribution is -2.37. The van der Waals surface area contributed by atoms with Gasteiger partial charge >= 0.3 is 6.03 Å². The lowest BCUT2D eigenvalue weighted by atomic mass is 10.1. The highest BCUT2D eigenvalue weighted by atomic mass is 32.2. The predicted octanol–water partition coefficient (Wildman–Crippen LogP) is 3.15. The van der Waals surface area contributed by atoms with E-state index in [1.807, 2.05) is 43.0 Å². The number of rotatable bonds is 8. The molecule has 0 bridgehead atoms. The Kier molecular flexibility index (Phi) is 8.43. The second kappa shape index (κ2) is 10.1. The number of urea groups is 1. The number of anilines is 1. The topological polar surface area (TPSA) is 70.2 Å². The van der Waals surface area contributed by atoms with Crippen LogP contribution in [0.15, 0.2) is 24.3 Å². The Hall–Kier alpha value is -1.69. The molecular formula is C16H25N3O2S. The SMILES string of the molecule is CCSCCCNC(=O)N[C@@H](C)c1cccc(NC(C)=O)c1. The smallest absolute Gasteiger partial charge is 0.315 e. The summed E-state index contributed by atoms with van der Waals surface area (Å²) in [6.45, 7) is 6.19. The van der Waals surface area contributed by atoms with Gasteiger partial charge in [0.25, 0.3) is 0 Å². The third-order valence-corrected chi connectivity index (χ3v) is 4.00. The highest BCUT2D eigenvalue weighted by Crippen LogP contribution is 2.17. The Bertz CT molecular complexity index is 494.